The van der Waals surface area contributed by atoms with Crippen molar-refractivity contribution < 1.29 is 4.39 Å². The smallest absolute Gasteiger partial charge is 0.125 e. The molecule has 0 fully saturated rings. The second-order valence-corrected chi connectivity index (χ2v) is 10.6. The summed E-state index contributed by atoms with van der Waals surface area (Å²) in [4.78, 5) is 8.75. The van der Waals surface area contributed by atoms with Crippen LogP contribution in [0.1, 0.15) is 102 Å². The van der Waals surface area contributed by atoms with Gasteiger partial charge in [0.2, 0.25) is 0 Å². The maximum Gasteiger partial charge on any atom is 0.125 e. The molecular weight excluding hydrogens is 581 g/mol. The van der Waals surface area contributed by atoms with Crippen molar-refractivity contribution in [1.82, 2.24) is 10.6 Å². The number of halogens is 1. The minimum atomic E-state index is -0.280. The van der Waals surface area contributed by atoms with Crippen LogP contribution in [0.5, 0.6) is 0 Å². The molecular formula is C41H66FN5. The molecule has 262 valence electrons. The third kappa shape index (κ3) is 30.2. The quantitative estimate of drug-likeness (QED) is 0.0437. The van der Waals surface area contributed by atoms with Gasteiger partial charge in [-0.3, -0.25) is 4.99 Å². The molecule has 0 amide bonds. The molecule has 0 aromatic heterocycles. The van der Waals surface area contributed by atoms with E-state index in [9.17, 15) is 4.39 Å². The van der Waals surface area contributed by atoms with E-state index in [-0.39, 0.29) is 5.83 Å². The van der Waals surface area contributed by atoms with Gasteiger partial charge in [-0.1, -0.05) is 88.3 Å². The van der Waals surface area contributed by atoms with Crippen LogP contribution in [0.3, 0.4) is 0 Å². The van der Waals surface area contributed by atoms with Crippen LogP contribution >= 0.6 is 0 Å². The lowest BCUT2D eigenvalue weighted by Crippen LogP contribution is -2.26. The molecule has 6 heteroatoms. The summed E-state index contributed by atoms with van der Waals surface area (Å²) in [5.41, 5.74) is 6.90. The summed E-state index contributed by atoms with van der Waals surface area (Å²) in [7, 11) is 1.71. The van der Waals surface area contributed by atoms with Gasteiger partial charge in [-0.2, -0.15) is 5.26 Å². The molecule has 0 rings (SSSR count). The molecule has 0 aromatic carbocycles. The van der Waals surface area contributed by atoms with Gasteiger partial charge in [-0.05, 0) is 111 Å². The third-order valence-electron chi connectivity index (χ3n) is 6.45. The van der Waals surface area contributed by atoms with Gasteiger partial charge in [-0.25, -0.2) is 9.38 Å². The summed E-state index contributed by atoms with van der Waals surface area (Å²) >= 11 is 0. The Labute approximate surface area is 289 Å². The predicted octanol–water partition coefficient (Wildman–Crippen LogP) is 11.8. The fraction of sp³-hybridized carbons (Fsp3) is 0.439. The topological polar surface area (TPSA) is 72.6 Å². The number of aliphatic imine (C=N–C) groups is 2. The first-order valence-electron chi connectivity index (χ1n) is 16.3. The Morgan fingerprint density at radius 2 is 1.47 bits per heavy atom. The van der Waals surface area contributed by atoms with Gasteiger partial charge < -0.3 is 10.6 Å². The fourth-order valence-electron chi connectivity index (χ4n) is 3.04. The molecule has 0 aliphatic carbocycles. The molecule has 0 aromatic rings. The van der Waals surface area contributed by atoms with Gasteiger partial charge in [0.15, 0.2) is 0 Å². The van der Waals surface area contributed by atoms with Crippen LogP contribution in [0, 0.1) is 11.3 Å². The zero-order chi connectivity index (χ0) is 37.4. The zero-order valence-electron chi connectivity index (χ0n) is 31.9. The van der Waals surface area contributed by atoms with E-state index in [1.54, 1.807) is 27.0 Å². The number of nitriles is 1. The third-order valence-corrected chi connectivity index (χ3v) is 6.45. The van der Waals surface area contributed by atoms with E-state index in [4.69, 9.17) is 5.26 Å². The van der Waals surface area contributed by atoms with Gasteiger partial charge in [0.1, 0.15) is 11.7 Å². The minimum absolute atomic E-state index is 0.280. The van der Waals surface area contributed by atoms with Gasteiger partial charge in [0.05, 0.1) is 17.5 Å². The van der Waals surface area contributed by atoms with Gasteiger partial charge in [0.25, 0.3) is 0 Å². The molecule has 0 aliphatic heterocycles. The Balaban J connectivity index is -0.000000724. The van der Waals surface area contributed by atoms with E-state index in [0.29, 0.717) is 47.4 Å². The van der Waals surface area contributed by atoms with E-state index < -0.39 is 0 Å². The molecule has 1 unspecified atom stereocenters. The fourth-order valence-corrected chi connectivity index (χ4v) is 3.04. The van der Waals surface area contributed by atoms with Crippen molar-refractivity contribution in [3.05, 3.63) is 121 Å². The summed E-state index contributed by atoms with van der Waals surface area (Å²) in [5, 5.41) is 14.6. The number of nitrogens with one attached hydrogen (secondary N) is 2. The molecule has 0 aliphatic rings. The molecule has 0 spiro atoms. The van der Waals surface area contributed by atoms with Gasteiger partial charge in [0, 0.05) is 30.9 Å². The van der Waals surface area contributed by atoms with Crippen molar-refractivity contribution in [2.75, 3.05) is 13.6 Å². The molecule has 0 saturated carbocycles. The second kappa shape index (κ2) is 33.1. The average Bonchev–Trinajstić information content (AvgIpc) is 3.07. The molecule has 0 heterocycles. The van der Waals surface area contributed by atoms with Crippen molar-refractivity contribution in [3.8, 4) is 6.07 Å². The van der Waals surface area contributed by atoms with E-state index in [0.717, 1.165) is 30.5 Å². The van der Waals surface area contributed by atoms with E-state index in [1.807, 2.05) is 71.9 Å². The van der Waals surface area contributed by atoms with Gasteiger partial charge >= 0.3 is 0 Å². The molecule has 5 nitrogen and oxygen atoms in total. The molecule has 0 bridgehead atoms. The Hall–Kier alpha value is -4.24. The highest BCUT2D eigenvalue weighted by Gasteiger charge is 2.08. The van der Waals surface area contributed by atoms with Crippen molar-refractivity contribution in [2.45, 2.75) is 108 Å². The monoisotopic (exact) mass is 648 g/mol. The standard InChI is InChI=1S/C31H47FN4.C4H5N.C4H8.C2H6/c1-12-22(3)24(5)17-16-18-26(7)35-27(8)25(6)21-31(36-29(10)33-11)28(9)34-20-15-14-19-30(32)23(4)13-2;1-4(2)3-5;1-3-4-2;1-2/h12-14,19,21,26,34-35H,1-2,8-9,15-18,20H2,3-7,10-11H3;1H2,2H3;3-4H,1-2H3;1-2H3/b19-14-,24-22+,25-21+,30-23+,33-29?,36-31?;;4-3-;. The molecule has 2 N–H and O–H groups in total. The lowest BCUT2D eigenvalue weighted by molar-refractivity contribution is 0.547. The Morgan fingerprint density at radius 3 is 1.91 bits per heavy atom. The number of hydrogen-bond donors (Lipinski definition) is 2. The lowest BCUT2D eigenvalue weighted by Gasteiger charge is -2.18. The van der Waals surface area contributed by atoms with Crippen LogP contribution in [0.4, 0.5) is 4.39 Å². The van der Waals surface area contributed by atoms with E-state index in [2.05, 4.69) is 74.3 Å². The highest BCUT2D eigenvalue weighted by molar-refractivity contribution is 6.13. The van der Waals surface area contributed by atoms with Crippen LogP contribution in [0.2, 0.25) is 0 Å². The Bertz CT molecular complexity index is 1220. The SMILES string of the molecule is C/C=C\C.C=C(C)C#N.C=C/C(C)=C(F)\C=C/CCNC(=C)C(/C=C(\C)C(=C)NC(C)CCC/C(C)=C(\C)C=C)=NC(C)=NC.CC. The predicted molar refractivity (Wildman–Crippen MR) is 212 cm³/mol. The highest BCUT2D eigenvalue weighted by Crippen LogP contribution is 2.15. The van der Waals surface area contributed by atoms with E-state index >= 15 is 0 Å². The van der Waals surface area contributed by atoms with E-state index in [1.165, 1.54) is 23.3 Å². The van der Waals surface area contributed by atoms with Crippen molar-refractivity contribution in [2.24, 2.45) is 9.98 Å². The van der Waals surface area contributed by atoms with Crippen molar-refractivity contribution in [3.63, 3.8) is 0 Å². The minimum Gasteiger partial charge on any atom is -0.383 e. The molecule has 0 radical (unpaired) electrons. The first-order chi connectivity index (χ1) is 22.1. The Morgan fingerprint density at radius 1 is 0.936 bits per heavy atom. The van der Waals surface area contributed by atoms with Crippen molar-refractivity contribution in [1.29, 1.82) is 5.26 Å². The van der Waals surface area contributed by atoms with Crippen LogP contribution in [0.15, 0.2) is 130 Å². The lowest BCUT2D eigenvalue weighted by atomic mass is 10.0. The van der Waals surface area contributed by atoms with Crippen LogP contribution in [-0.2, 0) is 0 Å². The summed E-state index contributed by atoms with van der Waals surface area (Å²) in [6.45, 7) is 41.3. The summed E-state index contributed by atoms with van der Waals surface area (Å²) in [5.74, 6) is 0.368. The average molecular weight is 648 g/mol. The van der Waals surface area contributed by atoms with Gasteiger partial charge in [-0.15, -0.1) is 0 Å². The zero-order valence-corrected chi connectivity index (χ0v) is 31.9. The number of rotatable bonds is 16. The summed E-state index contributed by atoms with van der Waals surface area (Å²) in [6.07, 6.45) is 16.5. The largest absolute Gasteiger partial charge is 0.383 e. The van der Waals surface area contributed by atoms with Crippen LogP contribution in [0.25, 0.3) is 0 Å². The van der Waals surface area contributed by atoms with Crippen molar-refractivity contribution >= 4 is 11.5 Å². The number of amidine groups is 1. The number of hydrogen-bond acceptors (Lipinski definition) is 4. The summed E-state index contributed by atoms with van der Waals surface area (Å²) in [6, 6.07) is 2.13. The van der Waals surface area contributed by atoms with Crippen LogP contribution < -0.4 is 10.6 Å². The maximum absolute atomic E-state index is 13.8. The second-order valence-electron chi connectivity index (χ2n) is 10.6. The summed E-state index contributed by atoms with van der Waals surface area (Å²) < 4.78 is 13.8. The highest BCUT2D eigenvalue weighted by atomic mass is 19.1. The maximum atomic E-state index is 13.8. The number of allylic oxidation sites excluding steroid dienone is 12. The molecule has 1 atom stereocenters. The Kier molecular flexibility index (Phi) is 35.0. The molecule has 47 heavy (non-hydrogen) atoms. The first-order valence-corrected chi connectivity index (χ1v) is 16.3. The number of nitrogens with zero attached hydrogens (tertiary/aromatic N) is 3. The normalized spacial score (nSPS) is 13.1. The van der Waals surface area contributed by atoms with Crippen LogP contribution in [-0.4, -0.2) is 31.2 Å². The molecule has 0 saturated heterocycles. The first kappa shape index (κ1) is 49.6.